The van der Waals surface area contributed by atoms with Gasteiger partial charge in [-0.1, -0.05) is 37.3 Å². The maximum Gasteiger partial charge on any atom is 0.244 e. The standard InChI is InChI=1S/C30H37N3O6S/c1-6-22(2)31-30(35)23(3)32(20-24-12-16-26(38-4)17-13-24)29(34)21-33(40(5,36)37)25-14-18-28(19-15-25)39-27-10-8-7-9-11-27/h7-19,22-23H,6,20-21H2,1-5H3,(H,31,35)/t22-,23-/m1/s1. The van der Waals surface area contributed by atoms with E-state index in [4.69, 9.17) is 9.47 Å². The van der Waals surface area contributed by atoms with Crippen molar-refractivity contribution < 1.29 is 27.5 Å². The number of hydrogen-bond donors (Lipinski definition) is 1. The third-order valence-electron chi connectivity index (χ3n) is 6.46. The number of carbonyl (C=O) groups excluding carboxylic acids is 2. The average molecular weight is 568 g/mol. The van der Waals surface area contributed by atoms with Gasteiger partial charge in [0.15, 0.2) is 0 Å². The molecule has 0 radical (unpaired) electrons. The zero-order valence-corrected chi connectivity index (χ0v) is 24.4. The summed E-state index contributed by atoms with van der Waals surface area (Å²) in [5, 5.41) is 2.91. The van der Waals surface area contributed by atoms with Gasteiger partial charge in [-0.3, -0.25) is 13.9 Å². The van der Waals surface area contributed by atoms with E-state index in [1.165, 1.54) is 4.90 Å². The SMILES string of the molecule is CC[C@@H](C)NC(=O)[C@@H](C)N(Cc1ccc(OC)cc1)C(=O)CN(c1ccc(Oc2ccccc2)cc1)S(C)(=O)=O. The summed E-state index contributed by atoms with van der Waals surface area (Å²) in [5.74, 6) is 0.991. The van der Waals surface area contributed by atoms with Crippen molar-refractivity contribution in [1.82, 2.24) is 10.2 Å². The molecule has 0 aliphatic heterocycles. The predicted octanol–water partition coefficient (Wildman–Crippen LogP) is 4.59. The van der Waals surface area contributed by atoms with Gasteiger partial charge >= 0.3 is 0 Å². The third kappa shape index (κ3) is 8.47. The Balaban J connectivity index is 1.86. The van der Waals surface area contributed by atoms with E-state index >= 15 is 0 Å². The first kappa shape index (κ1) is 30.5. The number of para-hydroxylation sites is 1. The molecule has 2 amide bonds. The number of sulfonamides is 1. The minimum atomic E-state index is -3.84. The zero-order valence-electron chi connectivity index (χ0n) is 23.5. The minimum absolute atomic E-state index is 0.0722. The van der Waals surface area contributed by atoms with E-state index in [2.05, 4.69) is 5.32 Å². The molecule has 0 heterocycles. The van der Waals surface area contributed by atoms with Crippen LogP contribution in [-0.4, -0.2) is 57.1 Å². The largest absolute Gasteiger partial charge is 0.497 e. The van der Waals surface area contributed by atoms with Crippen LogP contribution in [0.3, 0.4) is 0 Å². The molecule has 0 aliphatic carbocycles. The Hall–Kier alpha value is -4.05. The molecule has 0 saturated carbocycles. The summed E-state index contributed by atoms with van der Waals surface area (Å²) in [7, 11) is -2.28. The molecule has 0 saturated heterocycles. The van der Waals surface area contributed by atoms with Crippen molar-refractivity contribution in [3.05, 3.63) is 84.4 Å². The highest BCUT2D eigenvalue weighted by atomic mass is 32.2. The van der Waals surface area contributed by atoms with Gasteiger partial charge in [0.2, 0.25) is 21.8 Å². The Morgan fingerprint density at radius 2 is 1.45 bits per heavy atom. The topological polar surface area (TPSA) is 105 Å². The number of methoxy groups -OCH3 is 1. The lowest BCUT2D eigenvalue weighted by molar-refractivity contribution is -0.139. The van der Waals surface area contributed by atoms with Crippen molar-refractivity contribution in [2.45, 2.75) is 45.8 Å². The highest BCUT2D eigenvalue weighted by Crippen LogP contribution is 2.26. The van der Waals surface area contributed by atoms with E-state index in [1.54, 1.807) is 62.6 Å². The number of hydrogen-bond acceptors (Lipinski definition) is 6. The quantitative estimate of drug-likeness (QED) is 0.324. The van der Waals surface area contributed by atoms with Crippen LogP contribution in [0, 0.1) is 0 Å². The Morgan fingerprint density at radius 1 is 0.875 bits per heavy atom. The van der Waals surface area contributed by atoms with Gasteiger partial charge in [0.25, 0.3) is 0 Å². The molecule has 0 unspecified atom stereocenters. The predicted molar refractivity (Wildman–Crippen MR) is 156 cm³/mol. The summed E-state index contributed by atoms with van der Waals surface area (Å²) < 4.78 is 37.7. The summed E-state index contributed by atoms with van der Waals surface area (Å²) in [4.78, 5) is 28.1. The molecule has 1 N–H and O–H groups in total. The lowest BCUT2D eigenvalue weighted by Crippen LogP contribution is -2.52. The lowest BCUT2D eigenvalue weighted by atomic mass is 10.1. The van der Waals surface area contributed by atoms with Crippen LogP contribution in [-0.2, 0) is 26.2 Å². The highest BCUT2D eigenvalue weighted by molar-refractivity contribution is 7.92. The van der Waals surface area contributed by atoms with Crippen molar-refractivity contribution in [3.63, 3.8) is 0 Å². The number of carbonyl (C=O) groups is 2. The van der Waals surface area contributed by atoms with E-state index in [0.717, 1.165) is 22.5 Å². The molecule has 2 atom stereocenters. The molecular formula is C30H37N3O6S. The summed E-state index contributed by atoms with van der Waals surface area (Å²) >= 11 is 0. The molecule has 0 fully saturated rings. The molecule has 214 valence electrons. The van der Waals surface area contributed by atoms with E-state index in [-0.39, 0.29) is 18.5 Å². The minimum Gasteiger partial charge on any atom is -0.497 e. The Kier molecular flexibility index (Phi) is 10.6. The molecule has 3 rings (SSSR count). The second-order valence-electron chi connectivity index (χ2n) is 9.54. The van der Waals surface area contributed by atoms with Gasteiger partial charge < -0.3 is 19.7 Å². The summed E-state index contributed by atoms with van der Waals surface area (Å²) in [6.07, 6.45) is 1.78. The molecular weight excluding hydrogens is 530 g/mol. The summed E-state index contributed by atoms with van der Waals surface area (Å²) in [6, 6.07) is 21.9. The maximum atomic E-state index is 13.7. The fourth-order valence-electron chi connectivity index (χ4n) is 3.89. The fourth-order valence-corrected chi connectivity index (χ4v) is 4.74. The van der Waals surface area contributed by atoms with Crippen LogP contribution < -0.4 is 19.1 Å². The van der Waals surface area contributed by atoms with Crippen LogP contribution in [0.2, 0.25) is 0 Å². The van der Waals surface area contributed by atoms with Gasteiger partial charge in [-0.15, -0.1) is 0 Å². The van der Waals surface area contributed by atoms with Crippen molar-refractivity contribution >= 4 is 27.5 Å². The first-order valence-electron chi connectivity index (χ1n) is 13.0. The van der Waals surface area contributed by atoms with Crippen molar-refractivity contribution in [1.29, 1.82) is 0 Å². The van der Waals surface area contributed by atoms with Crippen LogP contribution >= 0.6 is 0 Å². The molecule has 3 aromatic carbocycles. The monoisotopic (exact) mass is 567 g/mol. The fraction of sp³-hybridized carbons (Fsp3) is 0.333. The van der Waals surface area contributed by atoms with E-state index in [9.17, 15) is 18.0 Å². The lowest BCUT2D eigenvalue weighted by Gasteiger charge is -2.32. The van der Waals surface area contributed by atoms with Crippen LogP contribution in [0.5, 0.6) is 17.2 Å². The number of rotatable bonds is 13. The number of ether oxygens (including phenoxy) is 2. The molecule has 10 heteroatoms. The molecule has 3 aromatic rings. The molecule has 40 heavy (non-hydrogen) atoms. The zero-order chi connectivity index (χ0) is 29.3. The molecule has 0 aromatic heterocycles. The Morgan fingerprint density at radius 3 is 2.00 bits per heavy atom. The Bertz CT molecular complexity index is 1360. The van der Waals surface area contributed by atoms with Gasteiger partial charge in [0.05, 0.1) is 19.1 Å². The van der Waals surface area contributed by atoms with Gasteiger partial charge in [0, 0.05) is 12.6 Å². The summed E-state index contributed by atoms with van der Waals surface area (Å²) in [6.45, 7) is 5.11. The molecule has 0 bridgehead atoms. The number of nitrogens with zero attached hydrogens (tertiary/aromatic N) is 2. The number of anilines is 1. The van der Waals surface area contributed by atoms with Crippen molar-refractivity contribution in [3.8, 4) is 17.2 Å². The first-order valence-corrected chi connectivity index (χ1v) is 14.9. The van der Waals surface area contributed by atoms with E-state index in [0.29, 0.717) is 22.9 Å². The van der Waals surface area contributed by atoms with Gasteiger partial charge in [-0.25, -0.2) is 8.42 Å². The first-order chi connectivity index (χ1) is 19.0. The van der Waals surface area contributed by atoms with Gasteiger partial charge in [-0.2, -0.15) is 0 Å². The van der Waals surface area contributed by atoms with Crippen molar-refractivity contribution in [2.24, 2.45) is 0 Å². The number of amides is 2. The molecule has 0 aliphatic rings. The second kappa shape index (κ2) is 13.8. The van der Waals surface area contributed by atoms with Crippen LogP contribution in [0.25, 0.3) is 0 Å². The van der Waals surface area contributed by atoms with Gasteiger partial charge in [-0.05, 0) is 74.4 Å². The third-order valence-corrected chi connectivity index (χ3v) is 7.60. The summed E-state index contributed by atoms with van der Waals surface area (Å²) in [5.41, 5.74) is 1.07. The van der Waals surface area contributed by atoms with Gasteiger partial charge in [0.1, 0.15) is 29.8 Å². The average Bonchev–Trinajstić information content (AvgIpc) is 2.94. The number of benzene rings is 3. The maximum absolute atomic E-state index is 13.7. The van der Waals surface area contributed by atoms with Crippen LogP contribution in [0.4, 0.5) is 5.69 Å². The van der Waals surface area contributed by atoms with Crippen LogP contribution in [0.1, 0.15) is 32.8 Å². The van der Waals surface area contributed by atoms with E-state index in [1.807, 2.05) is 44.2 Å². The number of nitrogens with one attached hydrogen (secondary N) is 1. The molecule has 9 nitrogen and oxygen atoms in total. The van der Waals surface area contributed by atoms with Crippen molar-refractivity contribution in [2.75, 3.05) is 24.2 Å². The molecule has 0 spiro atoms. The highest BCUT2D eigenvalue weighted by Gasteiger charge is 2.30. The van der Waals surface area contributed by atoms with Crippen LogP contribution in [0.15, 0.2) is 78.9 Å². The Labute approximate surface area is 236 Å². The van der Waals surface area contributed by atoms with E-state index < -0.39 is 28.5 Å². The smallest absolute Gasteiger partial charge is 0.244 e. The second-order valence-corrected chi connectivity index (χ2v) is 11.4. The normalized spacial score (nSPS) is 12.6.